The number of hydrogen-bond donors (Lipinski definition) is 0. The Morgan fingerprint density at radius 3 is 2.42 bits per heavy atom. The molecule has 1 aliphatic rings. The highest BCUT2D eigenvalue weighted by atomic mass is 35.5. The maximum absolute atomic E-state index is 13.5. The van der Waals surface area contributed by atoms with Crippen LogP contribution in [0.15, 0.2) is 42.5 Å². The van der Waals surface area contributed by atoms with Crippen LogP contribution in [-0.2, 0) is 21.5 Å². The third kappa shape index (κ3) is 4.01. The Bertz CT molecular complexity index is 803. The predicted molar refractivity (Wildman–Crippen MR) is 106 cm³/mol. The van der Waals surface area contributed by atoms with Crippen molar-refractivity contribution in [1.82, 2.24) is 4.90 Å². The summed E-state index contributed by atoms with van der Waals surface area (Å²) in [7, 11) is 1.81. The first-order valence-electron chi connectivity index (χ1n) is 8.46. The second-order valence-corrected chi connectivity index (χ2v) is 7.89. The van der Waals surface area contributed by atoms with Crippen molar-refractivity contribution in [2.45, 2.75) is 24.8 Å². The molecule has 1 aliphatic heterocycles. The Labute approximate surface area is 168 Å². The lowest BCUT2D eigenvalue weighted by Crippen LogP contribution is -2.48. The fraction of sp³-hybridized carbons (Fsp3) is 0.350. The van der Waals surface area contributed by atoms with E-state index in [4.69, 9.17) is 39.5 Å². The molecule has 0 bridgehead atoms. The molecule has 1 amide bonds. The molecule has 0 radical (unpaired) electrons. The van der Waals surface area contributed by atoms with Crippen LogP contribution < -0.4 is 0 Å². The Kier molecular flexibility index (Phi) is 6.13. The fourth-order valence-corrected chi connectivity index (χ4v) is 4.34. The summed E-state index contributed by atoms with van der Waals surface area (Å²) in [6, 6.07) is 12.9. The minimum absolute atomic E-state index is 0.0324. The number of halogens is 3. The molecule has 1 fully saturated rings. The van der Waals surface area contributed by atoms with Gasteiger partial charge in [0, 0.05) is 41.9 Å². The molecule has 138 valence electrons. The lowest BCUT2D eigenvalue weighted by Gasteiger charge is -2.39. The number of carbonyl (C=O) groups excluding carboxylic acids is 1. The molecule has 1 saturated heterocycles. The van der Waals surface area contributed by atoms with Gasteiger partial charge in [0.25, 0.3) is 0 Å². The van der Waals surface area contributed by atoms with Gasteiger partial charge in [0.15, 0.2) is 0 Å². The van der Waals surface area contributed by atoms with Gasteiger partial charge >= 0.3 is 0 Å². The third-order valence-electron chi connectivity index (χ3n) is 4.86. The summed E-state index contributed by atoms with van der Waals surface area (Å²) in [5.74, 6) is 0.0324. The van der Waals surface area contributed by atoms with E-state index in [0.717, 1.165) is 11.1 Å². The molecule has 0 N–H and O–H groups in total. The summed E-state index contributed by atoms with van der Waals surface area (Å²) in [5, 5.41) is 1.73. The molecule has 3 rings (SSSR count). The van der Waals surface area contributed by atoms with Gasteiger partial charge in [-0.05, 0) is 48.2 Å². The van der Waals surface area contributed by atoms with E-state index < -0.39 is 5.41 Å². The van der Waals surface area contributed by atoms with Crippen molar-refractivity contribution >= 4 is 40.7 Å². The van der Waals surface area contributed by atoms with Crippen molar-refractivity contribution in [2.75, 3.05) is 20.3 Å². The van der Waals surface area contributed by atoms with Gasteiger partial charge in [0.2, 0.25) is 5.91 Å². The number of nitrogens with zero attached hydrogens (tertiary/aromatic N) is 1. The van der Waals surface area contributed by atoms with Crippen molar-refractivity contribution in [3.63, 3.8) is 0 Å². The standard InChI is InChI=1S/C20H20Cl3NO2/c1-24(13-14-3-2-4-15(21)11-14)19(25)20(7-9-26-10-8-20)17-6-5-16(22)12-18(17)23/h2-6,11-12H,7-10,13H2,1H3. The van der Waals surface area contributed by atoms with E-state index in [1.54, 1.807) is 17.0 Å². The molecule has 2 aromatic rings. The van der Waals surface area contributed by atoms with E-state index in [9.17, 15) is 4.79 Å². The Hall–Kier alpha value is -1.26. The molecule has 6 heteroatoms. The topological polar surface area (TPSA) is 29.5 Å². The van der Waals surface area contributed by atoms with Crippen molar-refractivity contribution in [2.24, 2.45) is 0 Å². The number of amides is 1. The minimum Gasteiger partial charge on any atom is -0.381 e. The van der Waals surface area contributed by atoms with Crippen LogP contribution in [0.5, 0.6) is 0 Å². The molecule has 26 heavy (non-hydrogen) atoms. The SMILES string of the molecule is CN(Cc1cccc(Cl)c1)C(=O)C1(c2ccc(Cl)cc2Cl)CCOCC1. The van der Waals surface area contributed by atoms with Crippen LogP contribution in [0.4, 0.5) is 0 Å². The van der Waals surface area contributed by atoms with E-state index in [1.165, 1.54) is 0 Å². The quantitative estimate of drug-likeness (QED) is 0.677. The largest absolute Gasteiger partial charge is 0.381 e. The molecule has 0 aliphatic carbocycles. The fourth-order valence-electron chi connectivity index (χ4n) is 3.54. The van der Waals surface area contributed by atoms with E-state index >= 15 is 0 Å². The smallest absolute Gasteiger partial charge is 0.233 e. The highest BCUT2D eigenvalue weighted by molar-refractivity contribution is 6.35. The first-order valence-corrected chi connectivity index (χ1v) is 9.59. The summed E-state index contributed by atoms with van der Waals surface area (Å²) in [6.07, 6.45) is 1.18. The Morgan fingerprint density at radius 2 is 1.77 bits per heavy atom. The van der Waals surface area contributed by atoms with Gasteiger partial charge in [-0.25, -0.2) is 0 Å². The highest BCUT2D eigenvalue weighted by Crippen LogP contribution is 2.41. The van der Waals surface area contributed by atoms with Crippen LogP contribution >= 0.6 is 34.8 Å². The van der Waals surface area contributed by atoms with Crippen LogP contribution in [0.3, 0.4) is 0 Å². The summed E-state index contributed by atoms with van der Waals surface area (Å²) in [4.78, 5) is 15.2. The van der Waals surface area contributed by atoms with Gasteiger partial charge < -0.3 is 9.64 Å². The average Bonchev–Trinajstić information content (AvgIpc) is 2.61. The number of likely N-dealkylation sites (N-methyl/N-ethyl adjacent to an activating group) is 1. The highest BCUT2D eigenvalue weighted by Gasteiger charge is 2.44. The summed E-state index contributed by atoms with van der Waals surface area (Å²) in [6.45, 7) is 1.53. The number of hydrogen-bond acceptors (Lipinski definition) is 2. The average molecular weight is 413 g/mol. The zero-order valence-electron chi connectivity index (χ0n) is 14.5. The molecule has 0 atom stereocenters. The minimum atomic E-state index is -0.701. The van der Waals surface area contributed by atoms with Gasteiger partial charge in [0.05, 0.1) is 5.41 Å². The van der Waals surface area contributed by atoms with E-state index in [0.29, 0.717) is 47.7 Å². The van der Waals surface area contributed by atoms with Crippen LogP contribution in [0, 0.1) is 0 Å². The zero-order valence-corrected chi connectivity index (χ0v) is 16.7. The van der Waals surface area contributed by atoms with Crippen molar-refractivity contribution in [3.8, 4) is 0 Å². The van der Waals surface area contributed by atoms with E-state index in [-0.39, 0.29) is 5.91 Å². The molecule has 0 spiro atoms. The monoisotopic (exact) mass is 411 g/mol. The van der Waals surface area contributed by atoms with Gasteiger partial charge in [-0.3, -0.25) is 4.79 Å². The van der Waals surface area contributed by atoms with Crippen molar-refractivity contribution in [1.29, 1.82) is 0 Å². The van der Waals surface area contributed by atoms with Crippen LogP contribution in [-0.4, -0.2) is 31.1 Å². The number of rotatable bonds is 4. The summed E-state index contributed by atoms with van der Waals surface area (Å²) >= 11 is 18.6. The maximum Gasteiger partial charge on any atom is 0.233 e. The second-order valence-electron chi connectivity index (χ2n) is 6.61. The zero-order chi connectivity index (χ0) is 18.7. The van der Waals surface area contributed by atoms with Crippen LogP contribution in [0.2, 0.25) is 15.1 Å². The maximum atomic E-state index is 13.5. The lowest BCUT2D eigenvalue weighted by atomic mass is 9.73. The third-order valence-corrected chi connectivity index (χ3v) is 5.64. The van der Waals surface area contributed by atoms with Crippen molar-refractivity contribution in [3.05, 3.63) is 68.7 Å². The molecule has 0 saturated carbocycles. The normalized spacial score (nSPS) is 16.3. The molecular formula is C20H20Cl3NO2. The van der Waals surface area contributed by atoms with E-state index in [2.05, 4.69) is 0 Å². The van der Waals surface area contributed by atoms with Gasteiger partial charge in [-0.2, -0.15) is 0 Å². The van der Waals surface area contributed by atoms with Crippen LogP contribution in [0.25, 0.3) is 0 Å². The molecular weight excluding hydrogens is 393 g/mol. The van der Waals surface area contributed by atoms with Crippen molar-refractivity contribution < 1.29 is 9.53 Å². The number of carbonyl (C=O) groups is 1. The molecule has 2 aromatic carbocycles. The molecule has 3 nitrogen and oxygen atoms in total. The molecule has 0 unspecified atom stereocenters. The van der Waals surface area contributed by atoms with Crippen LogP contribution in [0.1, 0.15) is 24.0 Å². The molecule has 0 aromatic heterocycles. The van der Waals surface area contributed by atoms with E-state index in [1.807, 2.05) is 37.4 Å². The summed E-state index contributed by atoms with van der Waals surface area (Å²) < 4.78 is 5.52. The second kappa shape index (κ2) is 8.18. The van der Waals surface area contributed by atoms with Gasteiger partial charge in [-0.1, -0.05) is 53.0 Å². The lowest BCUT2D eigenvalue weighted by molar-refractivity contribution is -0.140. The summed E-state index contributed by atoms with van der Waals surface area (Å²) in [5.41, 5.74) is 1.10. The predicted octanol–water partition coefficient (Wildman–Crippen LogP) is 5.35. The Morgan fingerprint density at radius 1 is 1.08 bits per heavy atom. The number of ether oxygens (including phenoxy) is 1. The van der Waals surface area contributed by atoms with Gasteiger partial charge in [-0.15, -0.1) is 0 Å². The Balaban J connectivity index is 1.92. The molecule has 1 heterocycles. The number of benzene rings is 2. The van der Waals surface area contributed by atoms with Gasteiger partial charge in [0.1, 0.15) is 0 Å². The first kappa shape index (κ1) is 19.5. The first-order chi connectivity index (χ1) is 12.4.